The maximum atomic E-state index is 13.7. The number of nitrogens with zero attached hydrogens (tertiary/aromatic N) is 3. The summed E-state index contributed by atoms with van der Waals surface area (Å²) in [4.78, 5) is 53.7. The number of benzene rings is 4. The minimum atomic E-state index is -4.81. The lowest BCUT2D eigenvalue weighted by atomic mass is 9.96. The van der Waals surface area contributed by atoms with E-state index in [9.17, 15) is 62.4 Å². The summed E-state index contributed by atoms with van der Waals surface area (Å²) < 4.78 is 129. The van der Waals surface area contributed by atoms with Crippen LogP contribution in [-0.2, 0) is 50.3 Å². The van der Waals surface area contributed by atoms with Crippen LogP contribution in [0.5, 0.6) is 0 Å². The van der Waals surface area contributed by atoms with Gasteiger partial charge in [0.1, 0.15) is 11.8 Å². The van der Waals surface area contributed by atoms with Gasteiger partial charge in [-0.3, -0.25) is 9.59 Å². The van der Waals surface area contributed by atoms with Gasteiger partial charge in [-0.15, -0.1) is 12.4 Å². The number of aromatic nitrogens is 4. The smallest absolute Gasteiger partial charge is 0.326 e. The van der Waals surface area contributed by atoms with Crippen LogP contribution < -0.4 is 28.2 Å². The molecule has 0 radical (unpaired) electrons. The van der Waals surface area contributed by atoms with E-state index < -0.39 is 77.4 Å². The molecule has 312 valence electrons. The molecule has 0 bridgehead atoms. The number of H-pyrrole nitrogens is 2. The minimum Gasteiger partial charge on any atom is -0.326 e. The van der Waals surface area contributed by atoms with Gasteiger partial charge in [0.25, 0.3) is 11.1 Å². The molecule has 0 aliphatic rings. The summed E-state index contributed by atoms with van der Waals surface area (Å²) in [5.74, 6) is -1.81. The van der Waals surface area contributed by atoms with E-state index in [1.165, 1.54) is 42.5 Å². The van der Waals surface area contributed by atoms with E-state index in [-0.39, 0.29) is 68.6 Å². The first-order valence-electron chi connectivity index (χ1n) is 16.2. The quantitative estimate of drug-likeness (QED) is 0.190. The Labute approximate surface area is 334 Å². The summed E-state index contributed by atoms with van der Waals surface area (Å²) in [6.45, 7) is 0.108. The predicted octanol–water partition coefficient (Wildman–Crippen LogP) is 4.51. The summed E-state index contributed by atoms with van der Waals surface area (Å²) in [7, 11) is -7.51. The van der Waals surface area contributed by atoms with Crippen molar-refractivity contribution in [3.63, 3.8) is 0 Å². The van der Waals surface area contributed by atoms with E-state index in [0.29, 0.717) is 26.8 Å². The van der Waals surface area contributed by atoms with Crippen molar-refractivity contribution in [3.8, 4) is 28.3 Å². The first-order chi connectivity index (χ1) is 26.8. The highest BCUT2D eigenvalue weighted by Crippen LogP contribution is 2.40. The molecule has 59 heavy (non-hydrogen) atoms. The second-order valence-electron chi connectivity index (χ2n) is 12.9. The molecule has 0 aliphatic carbocycles. The number of nitrogens with two attached hydrogens (primary N) is 1. The van der Waals surface area contributed by atoms with Crippen LogP contribution in [0, 0.1) is 11.3 Å². The van der Waals surface area contributed by atoms with Crippen LogP contribution in [0.3, 0.4) is 0 Å². The summed E-state index contributed by atoms with van der Waals surface area (Å²) in [6, 6.07) is 16.5. The SMILES string of the molecule is CS(=O)(=O)Cn1c(=O)[nH]c2cc(C(F)(F)F)c(-c3cccc(C#N)c3)cc2c1=O.CS(=O)(=O)Cn1c(=O)[nH]c2cc(C(F)(F)F)c(-c3cccc(CN)c3)cc2c1=O.Cl. The average molecular weight is 887 g/mol. The largest absolute Gasteiger partial charge is 0.417 e. The number of sulfone groups is 2. The fourth-order valence-corrected chi connectivity index (χ4v) is 7.28. The summed E-state index contributed by atoms with van der Waals surface area (Å²) in [6.07, 6.45) is -7.93. The number of alkyl halides is 6. The Balaban J connectivity index is 0.000000256. The van der Waals surface area contributed by atoms with Gasteiger partial charge in [0.05, 0.1) is 44.6 Å². The van der Waals surface area contributed by atoms with Crippen molar-refractivity contribution < 1.29 is 43.2 Å². The van der Waals surface area contributed by atoms with Gasteiger partial charge in [-0.1, -0.05) is 30.3 Å². The van der Waals surface area contributed by atoms with Crippen LogP contribution in [-0.4, -0.2) is 48.4 Å². The highest BCUT2D eigenvalue weighted by molar-refractivity contribution is 7.89. The average Bonchev–Trinajstić information content (AvgIpc) is 3.13. The molecule has 0 unspecified atom stereocenters. The summed E-state index contributed by atoms with van der Waals surface area (Å²) in [5.41, 5.74) is -1.34. The van der Waals surface area contributed by atoms with E-state index >= 15 is 0 Å². The second-order valence-corrected chi connectivity index (χ2v) is 17.1. The molecular formula is C36H29ClF6N6O8S2. The molecule has 4 aromatic carbocycles. The lowest BCUT2D eigenvalue weighted by molar-refractivity contribution is -0.137. The fourth-order valence-electron chi connectivity index (χ4n) is 5.87. The normalized spacial score (nSPS) is 12.1. The number of hydrogen-bond donors (Lipinski definition) is 3. The molecular weight excluding hydrogens is 858 g/mol. The third-order valence-electron chi connectivity index (χ3n) is 8.35. The monoisotopic (exact) mass is 886 g/mol. The Morgan fingerprint density at radius 2 is 1.07 bits per heavy atom. The number of aromatic amines is 2. The standard InChI is InChI=1S/C18H16F3N3O4S.C18H12F3N3O4S.ClH/c2*1-29(27,28)9-24-16(25)13-6-12(11-4-2-3-10(5-11)8-22)14(18(19,20)21)7-15(13)23-17(24)26;/h2-7H,8-9,22H2,1H3,(H,23,26);2-7H,9H2,1H3,(H,23,26);1H. The molecule has 23 heteroatoms. The molecule has 0 spiro atoms. The number of fused-ring (bicyclic) bond motifs is 2. The number of nitrogens with one attached hydrogen (secondary N) is 2. The Morgan fingerprint density at radius 3 is 1.44 bits per heavy atom. The number of halogens is 7. The van der Waals surface area contributed by atoms with Crippen molar-refractivity contribution in [2.75, 3.05) is 12.5 Å². The molecule has 4 N–H and O–H groups in total. The van der Waals surface area contributed by atoms with Crippen molar-refractivity contribution in [3.05, 3.63) is 137 Å². The minimum absolute atomic E-state index is 0. The van der Waals surface area contributed by atoms with Gasteiger partial charge in [-0.25, -0.2) is 35.6 Å². The molecule has 0 fully saturated rings. The highest BCUT2D eigenvalue weighted by atomic mass is 35.5. The summed E-state index contributed by atoms with van der Waals surface area (Å²) in [5, 5.41) is 8.47. The third kappa shape index (κ3) is 10.4. The lowest BCUT2D eigenvalue weighted by Crippen LogP contribution is -2.37. The van der Waals surface area contributed by atoms with Crippen molar-refractivity contribution in [2.45, 2.75) is 30.7 Å². The van der Waals surface area contributed by atoms with Gasteiger partial charge in [0, 0.05) is 19.1 Å². The predicted molar refractivity (Wildman–Crippen MR) is 208 cm³/mol. The number of hydrogen-bond acceptors (Lipinski definition) is 10. The van der Waals surface area contributed by atoms with Gasteiger partial charge in [0.2, 0.25) is 0 Å². The van der Waals surface area contributed by atoms with E-state index in [1.807, 2.05) is 6.07 Å². The van der Waals surface area contributed by atoms with Gasteiger partial charge < -0.3 is 15.7 Å². The second kappa shape index (κ2) is 16.7. The molecule has 14 nitrogen and oxygen atoms in total. The zero-order valence-corrected chi connectivity index (χ0v) is 32.7. The van der Waals surface area contributed by atoms with Crippen molar-refractivity contribution in [1.29, 1.82) is 5.26 Å². The van der Waals surface area contributed by atoms with Crippen LogP contribution in [0.2, 0.25) is 0 Å². The van der Waals surface area contributed by atoms with E-state index in [2.05, 4.69) is 9.97 Å². The van der Waals surface area contributed by atoms with Crippen molar-refractivity contribution >= 4 is 53.9 Å². The maximum absolute atomic E-state index is 13.7. The van der Waals surface area contributed by atoms with Crippen LogP contribution in [0.1, 0.15) is 22.3 Å². The van der Waals surface area contributed by atoms with E-state index in [1.54, 1.807) is 6.07 Å². The lowest BCUT2D eigenvalue weighted by Gasteiger charge is -2.15. The number of rotatable bonds is 7. The molecule has 0 amide bonds. The molecule has 0 atom stereocenters. The first kappa shape index (κ1) is 45.7. The molecule has 0 saturated carbocycles. The molecule has 0 aliphatic heterocycles. The first-order valence-corrected chi connectivity index (χ1v) is 20.3. The molecule has 2 aromatic heterocycles. The van der Waals surface area contributed by atoms with Gasteiger partial charge in [-0.2, -0.15) is 31.6 Å². The Morgan fingerprint density at radius 1 is 0.661 bits per heavy atom. The maximum Gasteiger partial charge on any atom is 0.417 e. The zero-order chi connectivity index (χ0) is 43.1. The molecule has 2 heterocycles. The van der Waals surface area contributed by atoms with Gasteiger partial charge in [0.15, 0.2) is 19.7 Å². The van der Waals surface area contributed by atoms with E-state index in [0.717, 1.165) is 24.6 Å². The van der Waals surface area contributed by atoms with Crippen LogP contribution in [0.25, 0.3) is 44.1 Å². The fraction of sp³-hybridized carbons (Fsp3) is 0.194. The molecule has 6 aromatic rings. The van der Waals surface area contributed by atoms with Gasteiger partial charge >= 0.3 is 23.7 Å². The number of nitriles is 1. The van der Waals surface area contributed by atoms with Crippen LogP contribution >= 0.6 is 12.4 Å². The Kier molecular flexibility index (Phi) is 12.9. The zero-order valence-electron chi connectivity index (χ0n) is 30.2. The Bertz CT molecular complexity index is 3150. The molecule has 6 rings (SSSR count). The highest BCUT2D eigenvalue weighted by Gasteiger charge is 2.36. The Hall–Kier alpha value is -6.02. The van der Waals surface area contributed by atoms with Crippen molar-refractivity contribution in [1.82, 2.24) is 19.1 Å². The summed E-state index contributed by atoms with van der Waals surface area (Å²) >= 11 is 0. The van der Waals surface area contributed by atoms with Crippen LogP contribution in [0.4, 0.5) is 26.3 Å². The van der Waals surface area contributed by atoms with E-state index in [4.69, 9.17) is 11.0 Å². The topological polar surface area (TPSA) is 228 Å². The third-order valence-corrected chi connectivity index (χ3v) is 9.81. The molecule has 0 saturated heterocycles. The van der Waals surface area contributed by atoms with Crippen molar-refractivity contribution in [2.24, 2.45) is 5.73 Å². The van der Waals surface area contributed by atoms with Crippen LogP contribution in [0.15, 0.2) is 92.0 Å². The van der Waals surface area contributed by atoms with Gasteiger partial charge in [-0.05, 0) is 70.3 Å².